The number of rotatable bonds is 2. The molecule has 0 aromatic heterocycles. The van der Waals surface area contributed by atoms with E-state index >= 15 is 0 Å². The molecule has 46 valence electrons. The van der Waals surface area contributed by atoms with Crippen LogP contribution in [-0.2, 0) is 0 Å². The van der Waals surface area contributed by atoms with Crippen LogP contribution in [0.5, 0.6) is 0 Å². The van der Waals surface area contributed by atoms with Crippen LogP contribution in [0.3, 0.4) is 0 Å². The van der Waals surface area contributed by atoms with Crippen LogP contribution >= 0.6 is 0 Å². The maximum atomic E-state index is 3.16. The normalized spacial score (nSPS) is 17.9. The van der Waals surface area contributed by atoms with Gasteiger partial charge in [-0.05, 0) is 6.42 Å². The van der Waals surface area contributed by atoms with Crippen LogP contribution < -0.4 is 5.32 Å². The van der Waals surface area contributed by atoms with Crippen molar-refractivity contribution in [2.24, 2.45) is 0 Å². The summed E-state index contributed by atoms with van der Waals surface area (Å²) < 4.78 is 2.31. The Morgan fingerprint density at radius 1 is 1.75 bits per heavy atom. The summed E-state index contributed by atoms with van der Waals surface area (Å²) in [4.78, 5) is 0. The van der Waals surface area contributed by atoms with E-state index in [4.69, 9.17) is 0 Å². The standard InChI is InChI=1S/C6H12N2/c1-2-4-8-5-3-7-6-8/h6H,2-5H2,1H3/p+1. The first kappa shape index (κ1) is 5.60. The molecule has 2 heteroatoms. The lowest BCUT2D eigenvalue weighted by Gasteiger charge is -1.92. The summed E-state index contributed by atoms with van der Waals surface area (Å²) in [5, 5.41) is 3.16. The van der Waals surface area contributed by atoms with Crippen molar-refractivity contribution in [1.29, 1.82) is 0 Å². The highest BCUT2D eigenvalue weighted by Crippen LogP contribution is 1.81. The molecule has 1 aliphatic heterocycles. The van der Waals surface area contributed by atoms with Crippen molar-refractivity contribution in [3.05, 3.63) is 0 Å². The van der Waals surface area contributed by atoms with E-state index in [1.165, 1.54) is 19.5 Å². The molecule has 0 bridgehead atoms. The van der Waals surface area contributed by atoms with Gasteiger partial charge >= 0.3 is 0 Å². The van der Waals surface area contributed by atoms with Crippen molar-refractivity contribution in [3.8, 4) is 0 Å². The molecule has 0 fully saturated rings. The van der Waals surface area contributed by atoms with Crippen LogP contribution in [0.1, 0.15) is 13.3 Å². The van der Waals surface area contributed by atoms with Gasteiger partial charge in [-0.3, -0.25) is 9.89 Å². The van der Waals surface area contributed by atoms with E-state index in [0.29, 0.717) is 0 Å². The van der Waals surface area contributed by atoms with Gasteiger partial charge in [0.15, 0.2) is 0 Å². The largest absolute Gasteiger partial charge is 0.277 e. The van der Waals surface area contributed by atoms with Crippen molar-refractivity contribution in [2.75, 3.05) is 19.6 Å². The van der Waals surface area contributed by atoms with E-state index in [-0.39, 0.29) is 0 Å². The third-order valence-electron chi connectivity index (χ3n) is 1.33. The molecule has 0 amide bonds. The molecule has 0 aromatic rings. The predicted molar refractivity (Wildman–Crippen MR) is 34.4 cm³/mol. The summed E-state index contributed by atoms with van der Waals surface area (Å²) in [5.74, 6) is 0. The Balaban J connectivity index is 2.23. The van der Waals surface area contributed by atoms with Gasteiger partial charge in [-0.15, -0.1) is 0 Å². The zero-order chi connectivity index (χ0) is 5.82. The van der Waals surface area contributed by atoms with E-state index in [9.17, 15) is 0 Å². The van der Waals surface area contributed by atoms with Crippen LogP contribution in [-0.4, -0.2) is 30.5 Å². The van der Waals surface area contributed by atoms with Crippen molar-refractivity contribution in [3.63, 3.8) is 0 Å². The maximum Gasteiger partial charge on any atom is 0.232 e. The minimum Gasteiger partial charge on any atom is -0.277 e. The summed E-state index contributed by atoms with van der Waals surface area (Å²) in [5.41, 5.74) is 0. The Labute approximate surface area is 50.2 Å². The van der Waals surface area contributed by atoms with Gasteiger partial charge < -0.3 is 0 Å². The number of hydrogen-bond donors (Lipinski definition) is 1. The van der Waals surface area contributed by atoms with Gasteiger partial charge in [-0.25, -0.2) is 0 Å². The Morgan fingerprint density at radius 3 is 3.12 bits per heavy atom. The number of nitrogens with one attached hydrogen (secondary N) is 1. The Bertz CT molecular complexity index is 96.7. The molecule has 2 nitrogen and oxygen atoms in total. The number of hydrogen-bond acceptors (Lipinski definition) is 1. The molecule has 1 aliphatic rings. The van der Waals surface area contributed by atoms with E-state index in [1.54, 1.807) is 0 Å². The molecule has 0 unspecified atom stereocenters. The molecule has 0 aliphatic carbocycles. The SMILES string of the molecule is CCC[N+]1=CNCC1. The molecule has 8 heavy (non-hydrogen) atoms. The van der Waals surface area contributed by atoms with Gasteiger partial charge in [0, 0.05) is 0 Å². The second-order valence-corrected chi connectivity index (χ2v) is 2.12. The average Bonchev–Trinajstić information content (AvgIpc) is 2.19. The molecule has 1 N–H and O–H groups in total. The highest BCUT2D eigenvalue weighted by atomic mass is 15.1. The minimum atomic E-state index is 1.12. The zero-order valence-corrected chi connectivity index (χ0v) is 5.35. The van der Waals surface area contributed by atoms with Gasteiger partial charge in [0.2, 0.25) is 6.34 Å². The quantitative estimate of drug-likeness (QED) is 0.500. The average molecular weight is 113 g/mol. The molecular weight excluding hydrogens is 100 g/mol. The monoisotopic (exact) mass is 113 g/mol. The highest BCUT2D eigenvalue weighted by Gasteiger charge is 2.04. The fourth-order valence-electron chi connectivity index (χ4n) is 0.930. The fraction of sp³-hybridized carbons (Fsp3) is 0.833. The van der Waals surface area contributed by atoms with E-state index in [2.05, 4.69) is 23.2 Å². The van der Waals surface area contributed by atoms with Crippen LogP contribution in [0.25, 0.3) is 0 Å². The topological polar surface area (TPSA) is 15.0 Å². The highest BCUT2D eigenvalue weighted by molar-refractivity contribution is 5.49. The lowest BCUT2D eigenvalue weighted by atomic mass is 10.5. The fourth-order valence-corrected chi connectivity index (χ4v) is 0.930. The second kappa shape index (κ2) is 2.70. The van der Waals surface area contributed by atoms with Gasteiger partial charge in [0.1, 0.15) is 13.1 Å². The Kier molecular flexibility index (Phi) is 1.89. The van der Waals surface area contributed by atoms with Crippen LogP contribution in [0, 0.1) is 0 Å². The summed E-state index contributed by atoms with van der Waals surface area (Å²) in [6.45, 7) is 5.72. The third kappa shape index (κ3) is 1.22. The summed E-state index contributed by atoms with van der Waals surface area (Å²) in [6.07, 6.45) is 3.32. The van der Waals surface area contributed by atoms with Gasteiger partial charge in [0.25, 0.3) is 0 Å². The van der Waals surface area contributed by atoms with Crippen molar-refractivity contribution < 1.29 is 4.58 Å². The molecule has 0 radical (unpaired) electrons. The Morgan fingerprint density at radius 2 is 2.62 bits per heavy atom. The third-order valence-corrected chi connectivity index (χ3v) is 1.33. The summed E-state index contributed by atoms with van der Waals surface area (Å²) in [7, 11) is 0. The van der Waals surface area contributed by atoms with Crippen LogP contribution in [0.4, 0.5) is 0 Å². The first-order chi connectivity index (χ1) is 3.93. The first-order valence-electron chi connectivity index (χ1n) is 3.24. The molecule has 0 saturated carbocycles. The summed E-state index contributed by atoms with van der Waals surface area (Å²) >= 11 is 0. The lowest BCUT2D eigenvalue weighted by Crippen LogP contribution is -2.10. The van der Waals surface area contributed by atoms with E-state index < -0.39 is 0 Å². The molecule has 0 saturated heterocycles. The van der Waals surface area contributed by atoms with Gasteiger partial charge in [0.05, 0.1) is 6.54 Å². The van der Waals surface area contributed by atoms with Crippen molar-refractivity contribution in [1.82, 2.24) is 5.32 Å². The number of nitrogens with zero attached hydrogens (tertiary/aromatic N) is 1. The second-order valence-electron chi connectivity index (χ2n) is 2.12. The molecular formula is C6H13N2+. The van der Waals surface area contributed by atoms with Crippen LogP contribution in [0.2, 0.25) is 0 Å². The van der Waals surface area contributed by atoms with Gasteiger partial charge in [-0.1, -0.05) is 6.92 Å². The molecule has 1 heterocycles. The van der Waals surface area contributed by atoms with Gasteiger partial charge in [-0.2, -0.15) is 0 Å². The molecule has 0 spiro atoms. The molecule has 0 atom stereocenters. The Hall–Kier alpha value is -0.530. The minimum absolute atomic E-state index is 1.12. The lowest BCUT2D eigenvalue weighted by molar-refractivity contribution is -0.513. The van der Waals surface area contributed by atoms with E-state index in [0.717, 1.165) is 6.54 Å². The van der Waals surface area contributed by atoms with Crippen molar-refractivity contribution >= 4 is 6.34 Å². The van der Waals surface area contributed by atoms with E-state index in [1.807, 2.05) is 0 Å². The smallest absolute Gasteiger partial charge is 0.232 e. The first-order valence-corrected chi connectivity index (χ1v) is 3.24. The maximum absolute atomic E-state index is 3.16. The summed E-state index contributed by atoms with van der Waals surface area (Å²) in [6, 6.07) is 0. The molecule has 1 rings (SSSR count). The molecule has 0 aromatic carbocycles. The zero-order valence-electron chi connectivity index (χ0n) is 5.35. The van der Waals surface area contributed by atoms with Crippen LogP contribution in [0.15, 0.2) is 0 Å². The predicted octanol–water partition coefficient (Wildman–Crippen LogP) is 0.0404. The van der Waals surface area contributed by atoms with Crippen molar-refractivity contribution in [2.45, 2.75) is 13.3 Å².